The Kier molecular flexibility index (Phi) is 2.19. The standard InChI is InChI=1S/C12H11FN4O/c1-14-7-4-9-8(3-6(7)13)16-11-10(15-9)5-17(2)12(11)18/h3-4,14H,5H2,1-2H3. The molecule has 1 aromatic heterocycles. The van der Waals surface area contributed by atoms with Gasteiger partial charge < -0.3 is 10.2 Å². The molecule has 1 amide bonds. The molecule has 0 radical (unpaired) electrons. The Labute approximate surface area is 103 Å². The van der Waals surface area contributed by atoms with E-state index in [1.807, 2.05) is 0 Å². The summed E-state index contributed by atoms with van der Waals surface area (Å²) in [6, 6.07) is 2.89. The van der Waals surface area contributed by atoms with Crippen molar-refractivity contribution >= 4 is 22.6 Å². The highest BCUT2D eigenvalue weighted by atomic mass is 19.1. The van der Waals surface area contributed by atoms with Gasteiger partial charge in [-0.2, -0.15) is 0 Å². The van der Waals surface area contributed by atoms with E-state index in [-0.39, 0.29) is 5.91 Å². The Morgan fingerprint density at radius 1 is 1.33 bits per heavy atom. The van der Waals surface area contributed by atoms with E-state index in [4.69, 9.17) is 0 Å². The Morgan fingerprint density at radius 3 is 2.78 bits per heavy atom. The van der Waals surface area contributed by atoms with E-state index in [2.05, 4.69) is 15.3 Å². The van der Waals surface area contributed by atoms with Crippen LogP contribution in [0.5, 0.6) is 0 Å². The van der Waals surface area contributed by atoms with Crippen molar-refractivity contribution < 1.29 is 9.18 Å². The lowest BCUT2D eigenvalue weighted by Gasteiger charge is -2.05. The molecule has 5 nitrogen and oxygen atoms in total. The molecule has 2 heterocycles. The number of aromatic nitrogens is 2. The molecule has 0 fully saturated rings. The molecule has 6 heteroatoms. The topological polar surface area (TPSA) is 58.1 Å². The van der Waals surface area contributed by atoms with Gasteiger partial charge in [-0.3, -0.25) is 4.79 Å². The number of hydrogen-bond acceptors (Lipinski definition) is 4. The van der Waals surface area contributed by atoms with Crippen LogP contribution in [0.25, 0.3) is 11.0 Å². The second kappa shape index (κ2) is 3.63. The fourth-order valence-corrected chi connectivity index (χ4v) is 2.06. The average molecular weight is 246 g/mol. The molecule has 1 aromatic carbocycles. The van der Waals surface area contributed by atoms with Crippen LogP contribution in [-0.2, 0) is 6.54 Å². The molecule has 18 heavy (non-hydrogen) atoms. The summed E-state index contributed by atoms with van der Waals surface area (Å²) in [7, 11) is 3.33. The average Bonchev–Trinajstić information content (AvgIpc) is 2.62. The van der Waals surface area contributed by atoms with Gasteiger partial charge in [0, 0.05) is 20.2 Å². The third kappa shape index (κ3) is 1.42. The van der Waals surface area contributed by atoms with Crippen LogP contribution in [0.4, 0.5) is 10.1 Å². The van der Waals surface area contributed by atoms with Gasteiger partial charge in [-0.15, -0.1) is 0 Å². The summed E-state index contributed by atoms with van der Waals surface area (Å²) in [5.41, 5.74) is 2.32. The molecule has 1 aliphatic rings. The highest BCUT2D eigenvalue weighted by Crippen LogP contribution is 2.24. The van der Waals surface area contributed by atoms with Gasteiger partial charge in [0.15, 0.2) is 5.69 Å². The van der Waals surface area contributed by atoms with Gasteiger partial charge in [0.2, 0.25) is 0 Å². The predicted molar refractivity (Wildman–Crippen MR) is 64.8 cm³/mol. The first kappa shape index (κ1) is 10.9. The summed E-state index contributed by atoms with van der Waals surface area (Å²) in [4.78, 5) is 21.9. The van der Waals surface area contributed by atoms with Crippen LogP contribution in [0.3, 0.4) is 0 Å². The van der Waals surface area contributed by atoms with Crippen molar-refractivity contribution in [2.45, 2.75) is 6.54 Å². The molecule has 0 saturated heterocycles. The largest absolute Gasteiger partial charge is 0.386 e. The van der Waals surface area contributed by atoms with E-state index in [1.165, 1.54) is 6.07 Å². The van der Waals surface area contributed by atoms with Crippen LogP contribution in [0.1, 0.15) is 16.2 Å². The Balaban J connectivity index is 2.26. The second-order valence-electron chi connectivity index (χ2n) is 4.25. The fraction of sp³-hybridized carbons (Fsp3) is 0.250. The van der Waals surface area contributed by atoms with E-state index >= 15 is 0 Å². The number of nitrogens with zero attached hydrogens (tertiary/aromatic N) is 3. The zero-order valence-electron chi connectivity index (χ0n) is 9.99. The second-order valence-corrected chi connectivity index (χ2v) is 4.25. The van der Waals surface area contributed by atoms with Gasteiger partial charge in [-0.05, 0) is 6.07 Å². The lowest BCUT2D eigenvalue weighted by Crippen LogP contribution is -2.18. The molecule has 1 aliphatic heterocycles. The van der Waals surface area contributed by atoms with Crippen molar-refractivity contribution in [2.75, 3.05) is 19.4 Å². The highest BCUT2D eigenvalue weighted by Gasteiger charge is 2.28. The lowest BCUT2D eigenvalue weighted by molar-refractivity contribution is 0.0812. The zero-order valence-corrected chi connectivity index (χ0v) is 9.99. The minimum atomic E-state index is -0.405. The van der Waals surface area contributed by atoms with E-state index in [0.29, 0.717) is 34.7 Å². The van der Waals surface area contributed by atoms with Gasteiger partial charge >= 0.3 is 0 Å². The summed E-state index contributed by atoms with van der Waals surface area (Å²) < 4.78 is 13.6. The third-order valence-corrected chi connectivity index (χ3v) is 3.03. The molecule has 92 valence electrons. The SMILES string of the molecule is CNc1cc2nc3c(nc2cc1F)C(=O)N(C)C3. The van der Waals surface area contributed by atoms with Gasteiger partial charge in [0.25, 0.3) is 5.91 Å². The molecule has 0 aliphatic carbocycles. The van der Waals surface area contributed by atoms with Gasteiger partial charge in [-0.1, -0.05) is 0 Å². The Bertz CT molecular complexity index is 671. The third-order valence-electron chi connectivity index (χ3n) is 3.03. The zero-order chi connectivity index (χ0) is 12.9. The van der Waals surface area contributed by atoms with E-state index in [1.54, 1.807) is 25.1 Å². The van der Waals surface area contributed by atoms with Crippen LogP contribution in [-0.4, -0.2) is 34.9 Å². The summed E-state index contributed by atoms with van der Waals surface area (Å²) in [5, 5.41) is 2.75. The number of amides is 1. The van der Waals surface area contributed by atoms with E-state index in [9.17, 15) is 9.18 Å². The molecular formula is C12H11FN4O. The van der Waals surface area contributed by atoms with Crippen molar-refractivity contribution in [3.63, 3.8) is 0 Å². The molecule has 0 atom stereocenters. The maximum absolute atomic E-state index is 13.6. The summed E-state index contributed by atoms with van der Waals surface area (Å²) >= 11 is 0. The minimum Gasteiger partial charge on any atom is -0.386 e. The number of hydrogen-bond donors (Lipinski definition) is 1. The monoisotopic (exact) mass is 246 g/mol. The van der Waals surface area contributed by atoms with Crippen LogP contribution in [0.15, 0.2) is 12.1 Å². The first-order valence-corrected chi connectivity index (χ1v) is 5.53. The molecule has 0 unspecified atom stereocenters. The van der Waals surface area contributed by atoms with Crippen molar-refractivity contribution in [1.29, 1.82) is 0 Å². The maximum Gasteiger partial charge on any atom is 0.274 e. The number of halogens is 1. The van der Waals surface area contributed by atoms with Crippen molar-refractivity contribution in [3.8, 4) is 0 Å². The molecule has 3 rings (SSSR count). The number of carbonyl (C=O) groups is 1. The highest BCUT2D eigenvalue weighted by molar-refractivity contribution is 5.97. The van der Waals surface area contributed by atoms with Crippen LogP contribution >= 0.6 is 0 Å². The molecule has 0 spiro atoms. The summed E-state index contributed by atoms with van der Waals surface area (Å²) in [6.45, 7) is 0.448. The number of benzene rings is 1. The van der Waals surface area contributed by atoms with Crippen LogP contribution in [0.2, 0.25) is 0 Å². The Hall–Kier alpha value is -2.24. The number of rotatable bonds is 1. The van der Waals surface area contributed by atoms with Crippen LogP contribution < -0.4 is 5.32 Å². The van der Waals surface area contributed by atoms with E-state index < -0.39 is 5.82 Å². The van der Waals surface area contributed by atoms with Gasteiger partial charge in [-0.25, -0.2) is 14.4 Å². The lowest BCUT2D eigenvalue weighted by atomic mass is 10.2. The van der Waals surface area contributed by atoms with Crippen molar-refractivity contribution in [2.24, 2.45) is 0 Å². The molecule has 0 saturated carbocycles. The van der Waals surface area contributed by atoms with Crippen LogP contribution in [0, 0.1) is 5.82 Å². The number of anilines is 1. The van der Waals surface area contributed by atoms with E-state index in [0.717, 1.165) is 0 Å². The number of fused-ring (bicyclic) bond motifs is 2. The number of nitrogens with one attached hydrogen (secondary N) is 1. The molecule has 1 N–H and O–H groups in total. The van der Waals surface area contributed by atoms with Crippen molar-refractivity contribution in [1.82, 2.24) is 14.9 Å². The molecular weight excluding hydrogens is 235 g/mol. The Morgan fingerprint density at radius 2 is 2.06 bits per heavy atom. The quantitative estimate of drug-likeness (QED) is 0.826. The first-order valence-electron chi connectivity index (χ1n) is 5.53. The normalized spacial score (nSPS) is 14.2. The summed E-state index contributed by atoms with van der Waals surface area (Å²) in [6.07, 6.45) is 0. The van der Waals surface area contributed by atoms with Gasteiger partial charge in [0.05, 0.1) is 29.0 Å². The predicted octanol–water partition coefficient (Wildman–Crippen LogP) is 1.40. The summed E-state index contributed by atoms with van der Waals surface area (Å²) in [5.74, 6) is -0.574. The van der Waals surface area contributed by atoms with Gasteiger partial charge in [0.1, 0.15) is 5.82 Å². The fourth-order valence-electron chi connectivity index (χ4n) is 2.06. The smallest absolute Gasteiger partial charge is 0.274 e. The molecule has 0 bridgehead atoms. The first-order chi connectivity index (χ1) is 8.60. The number of carbonyl (C=O) groups excluding carboxylic acids is 1. The molecule has 2 aromatic rings. The van der Waals surface area contributed by atoms with Crippen molar-refractivity contribution in [3.05, 3.63) is 29.3 Å². The maximum atomic E-state index is 13.6. The minimum absolute atomic E-state index is 0.169.